The first-order valence-electron chi connectivity index (χ1n) is 5.09. The summed E-state index contributed by atoms with van der Waals surface area (Å²) >= 11 is 2.82. The molecule has 0 aliphatic heterocycles. The lowest BCUT2D eigenvalue weighted by atomic mass is 10.3. The second-order valence-corrected chi connectivity index (χ2v) is 5.67. The van der Waals surface area contributed by atoms with E-state index in [9.17, 15) is 4.79 Å². The van der Waals surface area contributed by atoms with Crippen LogP contribution in [0.4, 0.5) is 0 Å². The van der Waals surface area contributed by atoms with Gasteiger partial charge in [-0.15, -0.1) is 11.3 Å². The Morgan fingerprint density at radius 1 is 1.44 bits per heavy atom. The van der Waals surface area contributed by atoms with Crippen LogP contribution < -0.4 is 0 Å². The van der Waals surface area contributed by atoms with Gasteiger partial charge < -0.3 is 10.2 Å². The molecule has 90 valence electrons. The molecule has 1 aromatic heterocycles. The molecule has 16 heavy (non-hydrogen) atoms. The second kappa shape index (κ2) is 6.88. The third-order valence-corrected chi connectivity index (χ3v) is 4.37. The Balaban J connectivity index is 2.37. The monoisotopic (exact) mass is 261 g/mol. The Morgan fingerprint density at radius 3 is 2.75 bits per heavy atom. The summed E-state index contributed by atoms with van der Waals surface area (Å²) < 4.78 is 0.818. The highest BCUT2D eigenvalue weighted by Crippen LogP contribution is 2.27. The number of unbranched alkanes of at least 4 members (excludes halogenated alkanes) is 2. The first-order valence-corrected chi connectivity index (χ1v) is 6.89. The lowest BCUT2D eigenvalue weighted by Crippen LogP contribution is -1.94. The third kappa shape index (κ3) is 4.11. The van der Waals surface area contributed by atoms with Crippen LogP contribution in [0.25, 0.3) is 0 Å². The number of carboxylic acid groups (broad SMARTS) is 1. The molecule has 1 aromatic rings. The van der Waals surface area contributed by atoms with Gasteiger partial charge in [-0.3, -0.25) is 0 Å². The molecule has 0 aliphatic rings. The van der Waals surface area contributed by atoms with Crippen molar-refractivity contribution in [3.8, 4) is 0 Å². The average Bonchev–Trinajstić information content (AvgIpc) is 2.59. The number of hydrogen-bond donors (Lipinski definition) is 2. The number of carboxylic acids is 1. The topological polar surface area (TPSA) is 70.4 Å². The van der Waals surface area contributed by atoms with E-state index >= 15 is 0 Å². The molecule has 0 bridgehead atoms. The molecule has 0 atom stereocenters. The highest BCUT2D eigenvalue weighted by Gasteiger charge is 2.13. The molecule has 0 aliphatic carbocycles. The van der Waals surface area contributed by atoms with E-state index in [2.05, 4.69) is 4.98 Å². The Bertz CT molecular complexity index is 352. The average molecular weight is 261 g/mol. The minimum Gasteiger partial charge on any atom is -0.477 e. The van der Waals surface area contributed by atoms with Gasteiger partial charge in [0.25, 0.3) is 0 Å². The van der Waals surface area contributed by atoms with E-state index in [0.717, 1.165) is 29.4 Å². The maximum Gasteiger partial charge on any atom is 0.347 e. The largest absolute Gasteiger partial charge is 0.477 e. The van der Waals surface area contributed by atoms with E-state index in [1.54, 1.807) is 18.7 Å². The first-order chi connectivity index (χ1) is 7.65. The maximum absolute atomic E-state index is 10.8. The molecule has 4 nitrogen and oxygen atoms in total. The lowest BCUT2D eigenvalue weighted by molar-refractivity contribution is 0.0701. The van der Waals surface area contributed by atoms with E-state index in [4.69, 9.17) is 10.2 Å². The molecule has 0 spiro atoms. The predicted molar refractivity (Wildman–Crippen MR) is 65.5 cm³/mol. The van der Waals surface area contributed by atoms with Crippen molar-refractivity contribution in [3.05, 3.63) is 10.6 Å². The number of aliphatic hydroxyl groups excluding tert-OH is 1. The highest BCUT2D eigenvalue weighted by molar-refractivity contribution is 8.01. The van der Waals surface area contributed by atoms with Crippen LogP contribution in [0, 0.1) is 6.92 Å². The first kappa shape index (κ1) is 13.5. The van der Waals surface area contributed by atoms with E-state index in [1.165, 1.54) is 11.3 Å². The van der Waals surface area contributed by atoms with Crippen molar-refractivity contribution in [2.24, 2.45) is 0 Å². The number of hydrogen-bond acceptors (Lipinski definition) is 5. The van der Waals surface area contributed by atoms with Gasteiger partial charge in [-0.05, 0) is 19.8 Å². The smallest absolute Gasteiger partial charge is 0.347 e. The van der Waals surface area contributed by atoms with Crippen LogP contribution in [-0.4, -0.2) is 33.5 Å². The maximum atomic E-state index is 10.8. The number of aliphatic hydroxyl groups is 1. The van der Waals surface area contributed by atoms with E-state index in [0.29, 0.717) is 10.6 Å². The van der Waals surface area contributed by atoms with Gasteiger partial charge in [0.15, 0.2) is 4.34 Å². The molecule has 2 N–H and O–H groups in total. The van der Waals surface area contributed by atoms with Crippen molar-refractivity contribution in [3.63, 3.8) is 0 Å². The zero-order valence-corrected chi connectivity index (χ0v) is 10.7. The summed E-state index contributed by atoms with van der Waals surface area (Å²) in [5.41, 5.74) is 0.593. The molecule has 0 saturated heterocycles. The predicted octanol–water partition coefficient (Wildman–Crippen LogP) is 2.40. The fraction of sp³-hybridized carbons (Fsp3) is 0.600. The van der Waals surface area contributed by atoms with Gasteiger partial charge in [0.2, 0.25) is 0 Å². The Kier molecular flexibility index (Phi) is 5.79. The van der Waals surface area contributed by atoms with E-state index < -0.39 is 5.97 Å². The number of thioether (sulfide) groups is 1. The normalized spacial score (nSPS) is 10.6. The molecule has 0 fully saturated rings. The Hall–Kier alpha value is -0.590. The van der Waals surface area contributed by atoms with Crippen LogP contribution in [0.1, 0.15) is 34.6 Å². The highest BCUT2D eigenvalue weighted by atomic mass is 32.2. The fourth-order valence-electron chi connectivity index (χ4n) is 1.18. The summed E-state index contributed by atoms with van der Waals surface area (Å²) in [4.78, 5) is 15.3. The van der Waals surface area contributed by atoms with Crippen molar-refractivity contribution in [2.45, 2.75) is 30.5 Å². The quantitative estimate of drug-likeness (QED) is 0.582. The SMILES string of the molecule is Cc1nc(SCCCCCO)sc1C(=O)O. The molecule has 0 unspecified atom stereocenters. The summed E-state index contributed by atoms with van der Waals surface area (Å²) in [6.45, 7) is 1.96. The zero-order chi connectivity index (χ0) is 12.0. The number of aromatic carboxylic acids is 1. The number of carbonyl (C=O) groups is 1. The summed E-state index contributed by atoms with van der Waals surface area (Å²) in [6, 6.07) is 0. The Morgan fingerprint density at radius 2 is 2.19 bits per heavy atom. The van der Waals surface area contributed by atoms with Crippen LogP contribution >= 0.6 is 23.1 Å². The molecule has 0 radical (unpaired) electrons. The van der Waals surface area contributed by atoms with Crippen LogP contribution in [0.3, 0.4) is 0 Å². The van der Waals surface area contributed by atoms with Crippen molar-refractivity contribution in [1.82, 2.24) is 4.98 Å². The third-order valence-electron chi connectivity index (χ3n) is 2.00. The molecule has 1 heterocycles. The summed E-state index contributed by atoms with van der Waals surface area (Å²) in [7, 11) is 0. The molecule has 0 amide bonds. The van der Waals surface area contributed by atoms with Crippen LogP contribution in [0.5, 0.6) is 0 Å². The van der Waals surface area contributed by atoms with Gasteiger partial charge >= 0.3 is 5.97 Å². The summed E-state index contributed by atoms with van der Waals surface area (Å²) in [5, 5.41) is 17.5. The Labute approximate surface area is 103 Å². The molecular weight excluding hydrogens is 246 g/mol. The standard InChI is InChI=1S/C10H15NO3S2/c1-7-8(9(13)14)16-10(11-7)15-6-4-2-3-5-12/h12H,2-6H2,1H3,(H,13,14). The molecule has 1 rings (SSSR count). The number of aromatic nitrogens is 1. The minimum atomic E-state index is -0.901. The van der Waals surface area contributed by atoms with Crippen LogP contribution in [0.15, 0.2) is 4.34 Å². The minimum absolute atomic E-state index is 0.240. The number of aryl methyl sites for hydroxylation is 1. The molecule has 0 saturated carbocycles. The van der Waals surface area contributed by atoms with Crippen LogP contribution in [-0.2, 0) is 0 Å². The summed E-state index contributed by atoms with van der Waals surface area (Å²) in [6.07, 6.45) is 2.85. The van der Waals surface area contributed by atoms with E-state index in [-0.39, 0.29) is 6.61 Å². The second-order valence-electron chi connectivity index (χ2n) is 3.33. The van der Waals surface area contributed by atoms with Crippen molar-refractivity contribution >= 4 is 29.1 Å². The van der Waals surface area contributed by atoms with Crippen molar-refractivity contribution in [1.29, 1.82) is 0 Å². The number of thiazole rings is 1. The van der Waals surface area contributed by atoms with Gasteiger partial charge in [0.1, 0.15) is 4.88 Å². The van der Waals surface area contributed by atoms with Crippen LogP contribution in [0.2, 0.25) is 0 Å². The van der Waals surface area contributed by atoms with Gasteiger partial charge in [-0.2, -0.15) is 0 Å². The fourth-order valence-corrected chi connectivity index (χ4v) is 3.28. The molecule has 6 heteroatoms. The zero-order valence-electron chi connectivity index (χ0n) is 9.10. The van der Waals surface area contributed by atoms with Gasteiger partial charge in [0.05, 0.1) is 5.69 Å². The summed E-state index contributed by atoms with van der Waals surface area (Å²) in [5.74, 6) is 0.0218. The number of nitrogens with zero attached hydrogens (tertiary/aromatic N) is 1. The van der Waals surface area contributed by atoms with Gasteiger partial charge in [-0.25, -0.2) is 9.78 Å². The van der Waals surface area contributed by atoms with Gasteiger partial charge in [0, 0.05) is 12.4 Å². The van der Waals surface area contributed by atoms with Crippen molar-refractivity contribution in [2.75, 3.05) is 12.4 Å². The molecule has 0 aromatic carbocycles. The molecular formula is C10H15NO3S2. The van der Waals surface area contributed by atoms with E-state index in [1.807, 2.05) is 0 Å². The number of rotatable bonds is 7. The van der Waals surface area contributed by atoms with Crippen molar-refractivity contribution < 1.29 is 15.0 Å². The lowest BCUT2D eigenvalue weighted by Gasteiger charge is -1.96. The van der Waals surface area contributed by atoms with Gasteiger partial charge in [-0.1, -0.05) is 18.2 Å².